The summed E-state index contributed by atoms with van der Waals surface area (Å²) in [6.45, 7) is 7.09. The molecule has 0 atom stereocenters. The normalized spacial score (nSPS) is 11.3. The molecule has 3 aromatic rings. The van der Waals surface area contributed by atoms with Gasteiger partial charge in [0.05, 0.1) is 12.2 Å². The predicted octanol–water partition coefficient (Wildman–Crippen LogP) is 6.22. The van der Waals surface area contributed by atoms with Crippen molar-refractivity contribution < 1.29 is 0 Å². The highest BCUT2D eigenvalue weighted by Gasteiger charge is 2.19. The van der Waals surface area contributed by atoms with Crippen molar-refractivity contribution in [2.75, 3.05) is 0 Å². The van der Waals surface area contributed by atoms with Gasteiger partial charge in [-0.05, 0) is 42.7 Å². The van der Waals surface area contributed by atoms with Gasteiger partial charge in [-0.2, -0.15) is 0 Å². The summed E-state index contributed by atoms with van der Waals surface area (Å²) in [5.41, 5.74) is 2.23. The minimum absolute atomic E-state index is 0.325. The Morgan fingerprint density at radius 1 is 1.16 bits per heavy atom. The summed E-state index contributed by atoms with van der Waals surface area (Å²) in [6, 6.07) is 9.63. The zero-order valence-corrected chi connectivity index (χ0v) is 16.7. The van der Waals surface area contributed by atoms with Gasteiger partial charge in [-0.15, -0.1) is 0 Å². The van der Waals surface area contributed by atoms with Crippen molar-refractivity contribution in [3.05, 3.63) is 69.9 Å². The van der Waals surface area contributed by atoms with E-state index in [-0.39, 0.29) is 0 Å². The first kappa shape index (κ1) is 18.3. The van der Waals surface area contributed by atoms with Crippen molar-refractivity contribution in [2.24, 2.45) is 0 Å². The number of imidazole rings is 1. The van der Waals surface area contributed by atoms with Crippen LogP contribution in [0.4, 0.5) is 0 Å². The van der Waals surface area contributed by atoms with Crippen LogP contribution in [0.15, 0.2) is 52.6 Å². The number of benzene rings is 1. The monoisotopic (exact) mass is 391 g/mol. The Bertz CT molecular complexity index is 856. The Morgan fingerprint density at radius 2 is 1.88 bits per heavy atom. The molecular weight excluding hydrogens is 373 g/mol. The van der Waals surface area contributed by atoms with Crippen LogP contribution in [-0.4, -0.2) is 14.5 Å². The van der Waals surface area contributed by atoms with E-state index in [0.717, 1.165) is 33.5 Å². The highest BCUT2D eigenvalue weighted by atomic mass is 35.5. The maximum atomic E-state index is 6.16. The highest BCUT2D eigenvalue weighted by Crippen LogP contribution is 2.37. The molecule has 0 bridgehead atoms. The zero-order valence-electron chi connectivity index (χ0n) is 14.3. The third-order valence-electron chi connectivity index (χ3n) is 3.80. The van der Waals surface area contributed by atoms with Crippen molar-refractivity contribution >= 4 is 35.0 Å². The molecule has 0 spiro atoms. The first-order chi connectivity index (χ1) is 11.9. The van der Waals surface area contributed by atoms with Gasteiger partial charge in [0.25, 0.3) is 0 Å². The lowest BCUT2D eigenvalue weighted by Crippen LogP contribution is -2.04. The van der Waals surface area contributed by atoms with Crippen molar-refractivity contribution in [3.63, 3.8) is 0 Å². The number of aryl methyl sites for hydroxylation is 1. The van der Waals surface area contributed by atoms with Crippen molar-refractivity contribution in [2.45, 2.75) is 43.2 Å². The average molecular weight is 392 g/mol. The number of halogens is 2. The second kappa shape index (κ2) is 7.81. The zero-order chi connectivity index (χ0) is 18.0. The number of aromatic nitrogens is 3. The molecule has 0 aliphatic carbocycles. The SMILES string of the molecule is Cc1nc(C(C)C)c(Sc2cc(Cl)cc(Cl)c2)n1Cc1cccnc1. The minimum atomic E-state index is 0.325. The van der Waals surface area contributed by atoms with Crippen LogP contribution in [0, 0.1) is 6.92 Å². The van der Waals surface area contributed by atoms with E-state index in [1.807, 2.05) is 31.3 Å². The van der Waals surface area contributed by atoms with E-state index in [2.05, 4.69) is 29.5 Å². The van der Waals surface area contributed by atoms with E-state index in [4.69, 9.17) is 28.2 Å². The molecule has 0 saturated heterocycles. The van der Waals surface area contributed by atoms with Crippen LogP contribution in [0.5, 0.6) is 0 Å². The van der Waals surface area contributed by atoms with E-state index >= 15 is 0 Å². The number of hydrogen-bond donors (Lipinski definition) is 0. The van der Waals surface area contributed by atoms with E-state index in [0.29, 0.717) is 16.0 Å². The molecule has 2 aromatic heterocycles. The summed E-state index contributed by atoms with van der Waals surface area (Å²) >= 11 is 14.0. The molecule has 3 nitrogen and oxygen atoms in total. The molecule has 2 heterocycles. The molecule has 0 radical (unpaired) electrons. The molecule has 0 unspecified atom stereocenters. The average Bonchev–Trinajstić information content (AvgIpc) is 2.84. The molecule has 0 N–H and O–H groups in total. The quantitative estimate of drug-likeness (QED) is 0.517. The Hall–Kier alpha value is -1.49. The summed E-state index contributed by atoms with van der Waals surface area (Å²) in [4.78, 5) is 10.0. The molecule has 0 aliphatic rings. The van der Waals surface area contributed by atoms with Crippen LogP contribution in [0.3, 0.4) is 0 Å². The fourth-order valence-corrected chi connectivity index (χ4v) is 4.55. The topological polar surface area (TPSA) is 30.7 Å². The molecule has 25 heavy (non-hydrogen) atoms. The summed E-state index contributed by atoms with van der Waals surface area (Å²) in [7, 11) is 0. The van der Waals surface area contributed by atoms with E-state index in [9.17, 15) is 0 Å². The Balaban J connectivity index is 2.03. The first-order valence-electron chi connectivity index (χ1n) is 8.04. The van der Waals surface area contributed by atoms with Gasteiger partial charge in [0.15, 0.2) is 0 Å². The Kier molecular flexibility index (Phi) is 5.72. The third kappa shape index (κ3) is 4.38. The summed E-state index contributed by atoms with van der Waals surface area (Å²) in [5.74, 6) is 1.31. The van der Waals surface area contributed by atoms with Crippen LogP contribution in [0.1, 0.15) is 36.8 Å². The standard InChI is InChI=1S/C19H19Cl2N3S/c1-12(2)18-19(25-17-8-15(20)7-16(21)9-17)24(13(3)23-18)11-14-5-4-6-22-10-14/h4-10,12H,11H2,1-3H3. The molecule has 0 amide bonds. The number of hydrogen-bond acceptors (Lipinski definition) is 3. The largest absolute Gasteiger partial charge is 0.318 e. The van der Waals surface area contributed by atoms with E-state index < -0.39 is 0 Å². The van der Waals surface area contributed by atoms with Crippen LogP contribution in [0.25, 0.3) is 0 Å². The van der Waals surface area contributed by atoms with Gasteiger partial charge in [-0.3, -0.25) is 4.98 Å². The Labute approximate surface area is 162 Å². The number of nitrogens with zero attached hydrogens (tertiary/aromatic N) is 3. The second-order valence-corrected chi connectivity index (χ2v) is 8.09. The van der Waals surface area contributed by atoms with Crippen molar-refractivity contribution in [3.8, 4) is 0 Å². The van der Waals surface area contributed by atoms with Gasteiger partial charge < -0.3 is 4.57 Å². The molecule has 0 aliphatic heterocycles. The minimum Gasteiger partial charge on any atom is -0.318 e. The molecule has 3 rings (SSSR count). The van der Waals surface area contributed by atoms with Crippen LogP contribution >= 0.6 is 35.0 Å². The summed E-state index contributed by atoms with van der Waals surface area (Å²) < 4.78 is 2.23. The first-order valence-corrected chi connectivity index (χ1v) is 9.61. The fraction of sp³-hybridized carbons (Fsp3) is 0.263. The summed E-state index contributed by atoms with van der Waals surface area (Å²) in [6.07, 6.45) is 3.67. The highest BCUT2D eigenvalue weighted by molar-refractivity contribution is 7.99. The van der Waals surface area contributed by atoms with E-state index in [1.54, 1.807) is 24.0 Å². The molecule has 1 aromatic carbocycles. The maximum Gasteiger partial charge on any atom is 0.107 e. The van der Waals surface area contributed by atoms with Gasteiger partial charge in [-0.25, -0.2) is 4.98 Å². The van der Waals surface area contributed by atoms with Crippen molar-refractivity contribution in [1.82, 2.24) is 14.5 Å². The van der Waals surface area contributed by atoms with E-state index in [1.165, 1.54) is 0 Å². The second-order valence-electron chi connectivity index (χ2n) is 6.16. The Morgan fingerprint density at radius 3 is 2.48 bits per heavy atom. The van der Waals surface area contributed by atoms with Gasteiger partial charge in [0.2, 0.25) is 0 Å². The fourth-order valence-electron chi connectivity index (χ4n) is 2.61. The van der Waals surface area contributed by atoms with Gasteiger partial charge in [-0.1, -0.05) is 54.9 Å². The van der Waals surface area contributed by atoms with Gasteiger partial charge in [0.1, 0.15) is 10.9 Å². The lowest BCUT2D eigenvalue weighted by atomic mass is 10.1. The number of rotatable bonds is 5. The molecule has 0 fully saturated rings. The summed E-state index contributed by atoms with van der Waals surface area (Å²) in [5, 5.41) is 2.39. The molecule has 6 heteroatoms. The molecular formula is C19H19Cl2N3S. The lowest BCUT2D eigenvalue weighted by Gasteiger charge is -2.13. The van der Waals surface area contributed by atoms with Gasteiger partial charge >= 0.3 is 0 Å². The predicted molar refractivity (Wildman–Crippen MR) is 105 cm³/mol. The maximum absolute atomic E-state index is 6.16. The third-order valence-corrected chi connectivity index (χ3v) is 5.33. The van der Waals surface area contributed by atoms with Gasteiger partial charge in [0, 0.05) is 27.3 Å². The lowest BCUT2D eigenvalue weighted by molar-refractivity contribution is 0.688. The molecule has 0 saturated carbocycles. The van der Waals surface area contributed by atoms with Crippen LogP contribution < -0.4 is 0 Å². The number of pyridine rings is 1. The molecule has 130 valence electrons. The smallest absolute Gasteiger partial charge is 0.107 e. The van der Waals surface area contributed by atoms with Crippen molar-refractivity contribution in [1.29, 1.82) is 0 Å². The van der Waals surface area contributed by atoms with Crippen LogP contribution in [0.2, 0.25) is 10.0 Å². The van der Waals surface area contributed by atoms with Crippen LogP contribution in [-0.2, 0) is 6.54 Å².